The molecule has 1 heterocycles. The van der Waals surface area contributed by atoms with Crippen molar-refractivity contribution in [2.24, 2.45) is 0 Å². The van der Waals surface area contributed by atoms with Crippen molar-refractivity contribution >= 4 is 40.5 Å². The SMILES string of the molecule is O=C(CCCc1cccs1)Nc1ccc(C(=O)O)c(Cl)c1. The number of rotatable bonds is 6. The van der Waals surface area contributed by atoms with E-state index in [0.29, 0.717) is 12.1 Å². The number of nitrogens with one attached hydrogen (secondary N) is 1. The van der Waals surface area contributed by atoms with Crippen LogP contribution in [0, 0.1) is 0 Å². The van der Waals surface area contributed by atoms with Gasteiger partial charge in [0, 0.05) is 17.0 Å². The first-order valence-corrected chi connectivity index (χ1v) is 7.67. The number of hydrogen-bond acceptors (Lipinski definition) is 3. The second kappa shape index (κ2) is 7.24. The highest BCUT2D eigenvalue weighted by Crippen LogP contribution is 2.21. The van der Waals surface area contributed by atoms with Crippen LogP contribution in [0.5, 0.6) is 0 Å². The molecule has 21 heavy (non-hydrogen) atoms. The van der Waals surface area contributed by atoms with Gasteiger partial charge >= 0.3 is 5.97 Å². The largest absolute Gasteiger partial charge is 0.478 e. The number of aromatic carboxylic acids is 1. The van der Waals surface area contributed by atoms with Crippen LogP contribution in [0.1, 0.15) is 28.1 Å². The van der Waals surface area contributed by atoms with E-state index in [1.165, 1.54) is 23.1 Å². The first-order valence-electron chi connectivity index (χ1n) is 6.41. The Morgan fingerprint density at radius 1 is 1.29 bits per heavy atom. The molecule has 0 spiro atoms. The van der Waals surface area contributed by atoms with E-state index in [1.54, 1.807) is 11.3 Å². The van der Waals surface area contributed by atoms with Crippen molar-refractivity contribution in [1.82, 2.24) is 0 Å². The van der Waals surface area contributed by atoms with Gasteiger partial charge in [-0.05, 0) is 42.5 Å². The van der Waals surface area contributed by atoms with Crippen molar-refractivity contribution in [2.75, 3.05) is 5.32 Å². The Morgan fingerprint density at radius 3 is 2.71 bits per heavy atom. The fourth-order valence-electron chi connectivity index (χ4n) is 1.87. The Kier molecular flexibility index (Phi) is 5.36. The van der Waals surface area contributed by atoms with Crippen LogP contribution >= 0.6 is 22.9 Å². The molecule has 2 N–H and O–H groups in total. The van der Waals surface area contributed by atoms with Gasteiger partial charge in [-0.1, -0.05) is 17.7 Å². The van der Waals surface area contributed by atoms with Gasteiger partial charge < -0.3 is 10.4 Å². The van der Waals surface area contributed by atoms with Gasteiger partial charge in [-0.2, -0.15) is 0 Å². The molecular formula is C15H14ClNO3S. The van der Waals surface area contributed by atoms with Gasteiger partial charge in [0.15, 0.2) is 0 Å². The molecule has 110 valence electrons. The van der Waals surface area contributed by atoms with Gasteiger partial charge in [-0.3, -0.25) is 4.79 Å². The maximum absolute atomic E-state index is 11.8. The summed E-state index contributed by atoms with van der Waals surface area (Å²) in [6.07, 6.45) is 2.06. The number of hydrogen-bond donors (Lipinski definition) is 2. The number of carbonyl (C=O) groups is 2. The first-order chi connectivity index (χ1) is 10.1. The first kappa shape index (κ1) is 15.5. The van der Waals surface area contributed by atoms with Crippen LogP contribution in [0.15, 0.2) is 35.7 Å². The number of carboxylic acid groups (broad SMARTS) is 1. The fraction of sp³-hybridized carbons (Fsp3) is 0.200. The van der Waals surface area contributed by atoms with E-state index >= 15 is 0 Å². The lowest BCUT2D eigenvalue weighted by Gasteiger charge is -2.06. The Bertz CT molecular complexity index is 640. The molecule has 1 amide bonds. The van der Waals surface area contributed by atoms with Crippen molar-refractivity contribution in [2.45, 2.75) is 19.3 Å². The van der Waals surface area contributed by atoms with Gasteiger partial charge in [-0.15, -0.1) is 11.3 Å². The van der Waals surface area contributed by atoms with E-state index in [9.17, 15) is 9.59 Å². The van der Waals surface area contributed by atoms with Gasteiger partial charge in [0.25, 0.3) is 0 Å². The molecule has 0 saturated carbocycles. The molecule has 0 saturated heterocycles. The molecule has 2 aromatic rings. The average molecular weight is 324 g/mol. The predicted molar refractivity (Wildman–Crippen MR) is 84.3 cm³/mol. The molecule has 0 atom stereocenters. The molecule has 4 nitrogen and oxygen atoms in total. The van der Waals surface area contributed by atoms with E-state index in [4.69, 9.17) is 16.7 Å². The summed E-state index contributed by atoms with van der Waals surface area (Å²) in [6, 6.07) is 8.40. The Morgan fingerprint density at radius 2 is 2.10 bits per heavy atom. The van der Waals surface area contributed by atoms with Crippen molar-refractivity contribution in [1.29, 1.82) is 0 Å². The summed E-state index contributed by atoms with van der Waals surface area (Å²) in [4.78, 5) is 23.9. The van der Waals surface area contributed by atoms with Gasteiger partial charge in [-0.25, -0.2) is 4.79 Å². The lowest BCUT2D eigenvalue weighted by Crippen LogP contribution is -2.11. The van der Waals surface area contributed by atoms with Crippen molar-refractivity contribution in [3.05, 3.63) is 51.2 Å². The maximum Gasteiger partial charge on any atom is 0.337 e. The number of thiophene rings is 1. The van der Waals surface area contributed by atoms with Crippen LogP contribution in [0.25, 0.3) is 0 Å². The third kappa shape index (κ3) is 4.58. The lowest BCUT2D eigenvalue weighted by atomic mass is 10.2. The summed E-state index contributed by atoms with van der Waals surface area (Å²) >= 11 is 7.53. The van der Waals surface area contributed by atoms with Gasteiger partial charge in [0.05, 0.1) is 10.6 Å². The zero-order valence-electron chi connectivity index (χ0n) is 11.1. The number of anilines is 1. The molecule has 0 unspecified atom stereocenters. The Balaban J connectivity index is 1.85. The molecule has 0 radical (unpaired) electrons. The van der Waals surface area contributed by atoms with Crippen LogP contribution in [-0.2, 0) is 11.2 Å². The van der Waals surface area contributed by atoms with Crippen molar-refractivity contribution in [3.63, 3.8) is 0 Å². The van der Waals surface area contributed by atoms with Crippen LogP contribution in [0.3, 0.4) is 0 Å². The summed E-state index contributed by atoms with van der Waals surface area (Å²) < 4.78 is 0. The molecule has 1 aromatic heterocycles. The fourth-order valence-corrected chi connectivity index (χ4v) is 2.88. The minimum Gasteiger partial charge on any atom is -0.478 e. The summed E-state index contributed by atoms with van der Waals surface area (Å²) in [5.41, 5.74) is 0.526. The molecule has 0 aliphatic heterocycles. The van der Waals surface area contributed by atoms with Crippen LogP contribution < -0.4 is 5.32 Å². The normalized spacial score (nSPS) is 10.3. The predicted octanol–water partition coefficient (Wildman–Crippen LogP) is 4.06. The maximum atomic E-state index is 11.8. The smallest absolute Gasteiger partial charge is 0.337 e. The number of carbonyl (C=O) groups excluding carboxylic acids is 1. The third-order valence-corrected chi connectivity index (χ3v) is 4.14. The summed E-state index contributed by atoms with van der Waals surface area (Å²) in [6.45, 7) is 0. The second-order valence-electron chi connectivity index (χ2n) is 4.48. The highest BCUT2D eigenvalue weighted by molar-refractivity contribution is 7.09. The standard InChI is InChI=1S/C15H14ClNO3S/c16-13-9-10(6-7-12(13)15(19)20)17-14(18)5-1-3-11-4-2-8-21-11/h2,4,6-9H,1,3,5H2,(H,17,18)(H,19,20). The molecule has 1 aromatic carbocycles. The molecule has 0 aliphatic rings. The van der Waals surface area contributed by atoms with Gasteiger partial charge in [0.1, 0.15) is 0 Å². The Labute approximate surface area is 131 Å². The topological polar surface area (TPSA) is 66.4 Å². The highest BCUT2D eigenvalue weighted by atomic mass is 35.5. The van der Waals surface area contributed by atoms with Gasteiger partial charge in [0.2, 0.25) is 5.91 Å². The summed E-state index contributed by atoms with van der Waals surface area (Å²) in [5, 5.41) is 13.7. The zero-order valence-corrected chi connectivity index (χ0v) is 12.7. The monoisotopic (exact) mass is 323 g/mol. The van der Waals surface area contributed by atoms with E-state index < -0.39 is 5.97 Å². The minimum absolute atomic E-state index is 0.0207. The van der Waals surface area contributed by atoms with Crippen molar-refractivity contribution < 1.29 is 14.7 Å². The number of carboxylic acids is 1. The quantitative estimate of drug-likeness (QED) is 0.842. The third-order valence-electron chi connectivity index (χ3n) is 2.89. The van der Waals surface area contributed by atoms with Crippen LogP contribution in [0.2, 0.25) is 5.02 Å². The lowest BCUT2D eigenvalue weighted by molar-refractivity contribution is -0.116. The Hall–Kier alpha value is -1.85. The van der Waals surface area contributed by atoms with E-state index in [0.717, 1.165) is 12.8 Å². The minimum atomic E-state index is -1.09. The van der Waals surface area contributed by atoms with E-state index in [2.05, 4.69) is 5.32 Å². The summed E-state index contributed by atoms with van der Waals surface area (Å²) in [5.74, 6) is -1.19. The van der Waals surface area contributed by atoms with E-state index in [1.807, 2.05) is 17.5 Å². The van der Waals surface area contributed by atoms with Crippen LogP contribution in [-0.4, -0.2) is 17.0 Å². The van der Waals surface area contributed by atoms with Crippen molar-refractivity contribution in [3.8, 4) is 0 Å². The zero-order chi connectivity index (χ0) is 15.2. The van der Waals surface area contributed by atoms with E-state index in [-0.39, 0.29) is 16.5 Å². The summed E-state index contributed by atoms with van der Waals surface area (Å²) in [7, 11) is 0. The molecule has 0 fully saturated rings. The highest BCUT2D eigenvalue weighted by Gasteiger charge is 2.10. The molecule has 6 heteroatoms. The number of halogens is 1. The number of amides is 1. The second-order valence-corrected chi connectivity index (χ2v) is 5.92. The average Bonchev–Trinajstić information content (AvgIpc) is 2.91. The number of benzene rings is 1. The van der Waals surface area contributed by atoms with Crippen LogP contribution in [0.4, 0.5) is 5.69 Å². The molecular weight excluding hydrogens is 310 g/mol. The molecule has 0 bridgehead atoms. The number of aryl methyl sites for hydroxylation is 1. The molecule has 2 rings (SSSR count). The molecule has 0 aliphatic carbocycles.